The van der Waals surface area contributed by atoms with E-state index in [2.05, 4.69) is 31.3 Å². The van der Waals surface area contributed by atoms with Crippen LogP contribution in [-0.4, -0.2) is 50.2 Å². The molecule has 23 heavy (non-hydrogen) atoms. The van der Waals surface area contributed by atoms with Gasteiger partial charge in [0.1, 0.15) is 0 Å². The number of aliphatic imine (C=N–C) groups is 2. The molecule has 2 aliphatic heterocycles. The molecule has 0 saturated heterocycles. The van der Waals surface area contributed by atoms with Gasteiger partial charge in [0.2, 0.25) is 0 Å². The fourth-order valence-electron chi connectivity index (χ4n) is 3.69. The molecule has 0 radical (unpaired) electrons. The van der Waals surface area contributed by atoms with E-state index in [0.717, 1.165) is 38.1 Å². The summed E-state index contributed by atoms with van der Waals surface area (Å²) in [5.41, 5.74) is 0. The summed E-state index contributed by atoms with van der Waals surface area (Å²) in [6.45, 7) is 3.81. The molecule has 3 rings (SSSR count). The van der Waals surface area contributed by atoms with Crippen LogP contribution in [0.4, 0.5) is 0 Å². The molecule has 0 aromatic carbocycles. The molecule has 2 unspecified atom stereocenters. The van der Waals surface area contributed by atoms with E-state index >= 15 is 0 Å². The zero-order valence-corrected chi connectivity index (χ0v) is 14.2. The van der Waals surface area contributed by atoms with Crippen molar-refractivity contribution < 1.29 is 0 Å². The average molecular weight is 320 g/mol. The first-order chi connectivity index (χ1) is 11.4. The van der Waals surface area contributed by atoms with Crippen molar-refractivity contribution in [1.82, 2.24) is 21.3 Å². The molecule has 6 heteroatoms. The van der Waals surface area contributed by atoms with Gasteiger partial charge in [0.05, 0.1) is 13.1 Å². The van der Waals surface area contributed by atoms with Gasteiger partial charge in [-0.25, -0.2) is 0 Å². The van der Waals surface area contributed by atoms with Crippen LogP contribution in [-0.2, 0) is 0 Å². The zero-order valence-electron chi connectivity index (χ0n) is 14.2. The molecule has 3 aliphatic rings. The van der Waals surface area contributed by atoms with E-state index in [1.807, 2.05) is 0 Å². The van der Waals surface area contributed by atoms with Crippen LogP contribution in [0.5, 0.6) is 0 Å². The second-order valence-electron chi connectivity index (χ2n) is 6.92. The van der Waals surface area contributed by atoms with Gasteiger partial charge in [0, 0.05) is 25.2 Å². The summed E-state index contributed by atoms with van der Waals surface area (Å²) in [6.07, 6.45) is 11.6. The fraction of sp³-hybridized carbons (Fsp3) is 0.882. The summed E-state index contributed by atoms with van der Waals surface area (Å²) in [5.74, 6) is 2.05. The van der Waals surface area contributed by atoms with Crippen LogP contribution < -0.4 is 21.3 Å². The molecule has 6 nitrogen and oxygen atoms in total. The maximum atomic E-state index is 4.48. The Labute approximate surface area is 140 Å². The van der Waals surface area contributed by atoms with Crippen molar-refractivity contribution in [3.63, 3.8) is 0 Å². The number of nitrogens with one attached hydrogen (secondary N) is 4. The van der Waals surface area contributed by atoms with Crippen LogP contribution in [0.1, 0.15) is 57.8 Å². The Morgan fingerprint density at radius 3 is 1.48 bits per heavy atom. The van der Waals surface area contributed by atoms with Crippen molar-refractivity contribution in [2.75, 3.05) is 26.2 Å². The lowest BCUT2D eigenvalue weighted by Gasteiger charge is -2.20. The van der Waals surface area contributed by atoms with Crippen LogP contribution >= 0.6 is 0 Å². The molecule has 0 aromatic heterocycles. The van der Waals surface area contributed by atoms with Crippen LogP contribution in [0.3, 0.4) is 0 Å². The minimum atomic E-state index is 0.588. The molecule has 0 bridgehead atoms. The third-order valence-electron chi connectivity index (χ3n) is 4.99. The summed E-state index contributed by atoms with van der Waals surface area (Å²) >= 11 is 0. The Kier molecular flexibility index (Phi) is 6.41. The standard InChI is InChI=1S/C17H32N6/c1-2-6-14(22-16-18-10-11-19-16)8-4-5-9-15(7-3-1)23-17-20-12-13-21-17/h14-15H,1-13H2,(H2,18,19,22)(H2,20,21,23). The van der Waals surface area contributed by atoms with Crippen molar-refractivity contribution in [2.45, 2.75) is 69.9 Å². The maximum absolute atomic E-state index is 4.48. The highest BCUT2D eigenvalue weighted by molar-refractivity contribution is 5.81. The minimum Gasteiger partial charge on any atom is -0.355 e. The second kappa shape index (κ2) is 8.99. The molecule has 4 N–H and O–H groups in total. The molecule has 130 valence electrons. The normalized spacial score (nSPS) is 29.6. The molecule has 2 heterocycles. The molecule has 1 saturated carbocycles. The van der Waals surface area contributed by atoms with E-state index in [1.165, 1.54) is 57.8 Å². The lowest BCUT2D eigenvalue weighted by atomic mass is 10.0. The highest BCUT2D eigenvalue weighted by Gasteiger charge is 2.17. The van der Waals surface area contributed by atoms with Crippen molar-refractivity contribution >= 4 is 11.9 Å². The lowest BCUT2D eigenvalue weighted by molar-refractivity contribution is 0.462. The summed E-state index contributed by atoms with van der Waals surface area (Å²) in [7, 11) is 0. The number of hydrogen-bond acceptors (Lipinski definition) is 6. The predicted molar refractivity (Wildman–Crippen MR) is 96.0 cm³/mol. The maximum Gasteiger partial charge on any atom is 0.191 e. The molecule has 2 atom stereocenters. The van der Waals surface area contributed by atoms with Gasteiger partial charge in [-0.2, -0.15) is 0 Å². The highest BCUT2D eigenvalue weighted by atomic mass is 15.2. The van der Waals surface area contributed by atoms with Crippen molar-refractivity contribution in [3.05, 3.63) is 0 Å². The number of nitrogens with zero attached hydrogens (tertiary/aromatic N) is 2. The smallest absolute Gasteiger partial charge is 0.191 e. The Morgan fingerprint density at radius 2 is 1.09 bits per heavy atom. The molecule has 1 aliphatic carbocycles. The lowest BCUT2D eigenvalue weighted by Crippen LogP contribution is -2.41. The highest BCUT2D eigenvalue weighted by Crippen LogP contribution is 2.18. The van der Waals surface area contributed by atoms with E-state index in [9.17, 15) is 0 Å². The van der Waals surface area contributed by atoms with E-state index in [0.29, 0.717) is 12.1 Å². The van der Waals surface area contributed by atoms with Crippen LogP contribution in [0.25, 0.3) is 0 Å². The van der Waals surface area contributed by atoms with Gasteiger partial charge in [0.15, 0.2) is 11.9 Å². The Balaban J connectivity index is 1.44. The Morgan fingerprint density at radius 1 is 0.652 bits per heavy atom. The van der Waals surface area contributed by atoms with Gasteiger partial charge in [-0.15, -0.1) is 0 Å². The summed E-state index contributed by atoms with van der Waals surface area (Å²) in [4.78, 5) is 8.96. The Hall–Kier alpha value is -1.46. The van der Waals surface area contributed by atoms with Crippen LogP contribution in [0.15, 0.2) is 9.98 Å². The van der Waals surface area contributed by atoms with Crippen molar-refractivity contribution in [2.24, 2.45) is 9.98 Å². The van der Waals surface area contributed by atoms with E-state index in [-0.39, 0.29) is 0 Å². The largest absolute Gasteiger partial charge is 0.355 e. The molecule has 0 amide bonds. The fourth-order valence-corrected chi connectivity index (χ4v) is 3.69. The van der Waals surface area contributed by atoms with Gasteiger partial charge in [-0.3, -0.25) is 9.98 Å². The predicted octanol–water partition coefficient (Wildman–Crippen LogP) is 1.35. The monoisotopic (exact) mass is 320 g/mol. The average Bonchev–Trinajstić information content (AvgIpc) is 3.22. The van der Waals surface area contributed by atoms with Crippen molar-refractivity contribution in [3.8, 4) is 0 Å². The first-order valence-electron chi connectivity index (χ1n) is 9.50. The molecule has 0 spiro atoms. The van der Waals surface area contributed by atoms with E-state index in [4.69, 9.17) is 0 Å². The summed E-state index contributed by atoms with van der Waals surface area (Å²) in [6, 6.07) is 1.18. The third-order valence-corrected chi connectivity index (χ3v) is 4.99. The molecule has 1 fully saturated rings. The summed E-state index contributed by atoms with van der Waals surface area (Å²) in [5, 5.41) is 13.9. The Bertz CT molecular complexity index is 381. The summed E-state index contributed by atoms with van der Waals surface area (Å²) < 4.78 is 0. The van der Waals surface area contributed by atoms with E-state index in [1.54, 1.807) is 0 Å². The van der Waals surface area contributed by atoms with E-state index < -0.39 is 0 Å². The number of guanidine groups is 2. The van der Waals surface area contributed by atoms with Gasteiger partial charge in [0.25, 0.3) is 0 Å². The molecular formula is C17H32N6. The molecular weight excluding hydrogens is 288 g/mol. The third kappa shape index (κ3) is 5.59. The minimum absolute atomic E-state index is 0.588. The topological polar surface area (TPSA) is 72.8 Å². The van der Waals surface area contributed by atoms with Crippen molar-refractivity contribution in [1.29, 1.82) is 0 Å². The quantitative estimate of drug-likeness (QED) is 0.620. The van der Waals surface area contributed by atoms with Gasteiger partial charge >= 0.3 is 0 Å². The second-order valence-corrected chi connectivity index (χ2v) is 6.92. The number of rotatable bonds is 2. The first-order valence-corrected chi connectivity index (χ1v) is 9.50. The first kappa shape index (κ1) is 16.4. The zero-order chi connectivity index (χ0) is 15.7. The van der Waals surface area contributed by atoms with Crippen LogP contribution in [0.2, 0.25) is 0 Å². The van der Waals surface area contributed by atoms with Gasteiger partial charge < -0.3 is 21.3 Å². The van der Waals surface area contributed by atoms with Gasteiger partial charge in [-0.1, -0.05) is 32.1 Å². The van der Waals surface area contributed by atoms with Crippen LogP contribution in [0, 0.1) is 0 Å². The molecule has 0 aromatic rings. The number of hydrogen-bond donors (Lipinski definition) is 4. The van der Waals surface area contributed by atoms with Gasteiger partial charge in [-0.05, 0) is 25.7 Å². The SMILES string of the molecule is C1CCC(NC2=NCCN2)CCCCC(NC2=NCCN2)CC1.